The van der Waals surface area contributed by atoms with Gasteiger partial charge in [0.1, 0.15) is 0 Å². The van der Waals surface area contributed by atoms with E-state index in [1.165, 1.54) is 24.4 Å². The van der Waals surface area contributed by atoms with Crippen LogP contribution >= 0.6 is 11.8 Å². The summed E-state index contributed by atoms with van der Waals surface area (Å²) in [7, 11) is 0. The summed E-state index contributed by atoms with van der Waals surface area (Å²) in [5.74, 6) is 0. The van der Waals surface area contributed by atoms with Gasteiger partial charge in [0.05, 0.1) is 0 Å². The second-order valence-corrected chi connectivity index (χ2v) is 3.73. The molecule has 1 heterocycles. The number of thioether (sulfide) groups is 1. The molecule has 0 spiro atoms. The van der Waals surface area contributed by atoms with Crippen molar-refractivity contribution in [1.82, 2.24) is 4.90 Å². The molecule has 63 valence electrons. The van der Waals surface area contributed by atoms with Crippen molar-refractivity contribution in [1.29, 1.82) is 0 Å². The SMILES string of the molecule is CCCN1CC[C]=C(SC)C1. The summed E-state index contributed by atoms with van der Waals surface area (Å²) in [6, 6.07) is 0. The van der Waals surface area contributed by atoms with Crippen molar-refractivity contribution in [3.05, 3.63) is 11.0 Å². The van der Waals surface area contributed by atoms with Gasteiger partial charge in [0, 0.05) is 18.0 Å². The highest BCUT2D eigenvalue weighted by atomic mass is 32.2. The van der Waals surface area contributed by atoms with Gasteiger partial charge in [-0.15, -0.1) is 11.8 Å². The van der Waals surface area contributed by atoms with Crippen LogP contribution in [0.2, 0.25) is 0 Å². The lowest BCUT2D eigenvalue weighted by Crippen LogP contribution is -2.30. The van der Waals surface area contributed by atoms with Crippen LogP contribution in [0.3, 0.4) is 0 Å². The van der Waals surface area contributed by atoms with Crippen molar-refractivity contribution in [2.24, 2.45) is 0 Å². The normalized spacial score (nSPS) is 20.0. The zero-order valence-corrected chi connectivity index (χ0v) is 8.21. The fourth-order valence-corrected chi connectivity index (χ4v) is 1.89. The van der Waals surface area contributed by atoms with Crippen LogP contribution in [-0.4, -0.2) is 30.8 Å². The van der Waals surface area contributed by atoms with Crippen molar-refractivity contribution >= 4 is 11.8 Å². The van der Waals surface area contributed by atoms with E-state index in [9.17, 15) is 0 Å². The van der Waals surface area contributed by atoms with Crippen LogP contribution in [0.4, 0.5) is 0 Å². The Morgan fingerprint density at radius 2 is 2.45 bits per heavy atom. The lowest BCUT2D eigenvalue weighted by molar-refractivity contribution is 0.294. The molecular weight excluding hydrogens is 154 g/mol. The lowest BCUT2D eigenvalue weighted by Gasteiger charge is -2.25. The minimum atomic E-state index is 1.12. The average molecular weight is 170 g/mol. The van der Waals surface area contributed by atoms with Gasteiger partial charge in [-0.3, -0.25) is 4.90 Å². The Morgan fingerprint density at radius 3 is 3.09 bits per heavy atom. The van der Waals surface area contributed by atoms with Gasteiger partial charge in [-0.25, -0.2) is 0 Å². The van der Waals surface area contributed by atoms with E-state index in [4.69, 9.17) is 0 Å². The zero-order chi connectivity index (χ0) is 8.10. The molecule has 2 heteroatoms. The molecular formula is C9H16NS. The summed E-state index contributed by atoms with van der Waals surface area (Å²) in [6.45, 7) is 5.82. The standard InChI is InChI=1S/C9H16NS/c1-3-6-10-7-4-5-9(8-10)11-2/h3-4,6-8H2,1-2H3. The van der Waals surface area contributed by atoms with E-state index in [1.54, 1.807) is 0 Å². The molecule has 0 saturated carbocycles. The highest BCUT2D eigenvalue weighted by Crippen LogP contribution is 2.17. The van der Waals surface area contributed by atoms with Gasteiger partial charge in [0.25, 0.3) is 0 Å². The average Bonchev–Trinajstić information content (AvgIpc) is 2.06. The summed E-state index contributed by atoms with van der Waals surface area (Å²) in [5.41, 5.74) is 0. The van der Waals surface area contributed by atoms with Gasteiger partial charge < -0.3 is 0 Å². The molecule has 0 amide bonds. The van der Waals surface area contributed by atoms with E-state index < -0.39 is 0 Å². The van der Waals surface area contributed by atoms with Crippen LogP contribution in [-0.2, 0) is 0 Å². The smallest absolute Gasteiger partial charge is 0.0296 e. The second kappa shape index (κ2) is 4.83. The Kier molecular flexibility index (Phi) is 4.02. The fourth-order valence-electron chi connectivity index (χ4n) is 1.34. The van der Waals surface area contributed by atoms with E-state index in [0.29, 0.717) is 0 Å². The van der Waals surface area contributed by atoms with E-state index in [0.717, 1.165) is 13.0 Å². The summed E-state index contributed by atoms with van der Waals surface area (Å²) in [4.78, 5) is 3.92. The maximum atomic E-state index is 3.40. The maximum absolute atomic E-state index is 3.40. The molecule has 0 aliphatic carbocycles. The molecule has 0 aromatic rings. The van der Waals surface area contributed by atoms with E-state index >= 15 is 0 Å². The molecule has 1 nitrogen and oxygen atoms in total. The van der Waals surface area contributed by atoms with E-state index in [2.05, 4.69) is 24.2 Å². The minimum absolute atomic E-state index is 1.12. The first kappa shape index (κ1) is 9.14. The van der Waals surface area contributed by atoms with Crippen molar-refractivity contribution < 1.29 is 0 Å². The third-order valence-corrected chi connectivity index (χ3v) is 2.67. The molecule has 0 N–H and O–H groups in total. The molecule has 0 aromatic heterocycles. The van der Waals surface area contributed by atoms with Crippen LogP contribution < -0.4 is 0 Å². The van der Waals surface area contributed by atoms with Crippen LogP contribution in [0, 0.1) is 6.08 Å². The Labute approximate surface area is 73.8 Å². The second-order valence-electron chi connectivity index (χ2n) is 2.83. The van der Waals surface area contributed by atoms with Crippen LogP contribution in [0.1, 0.15) is 19.8 Å². The number of nitrogens with zero attached hydrogens (tertiary/aromatic N) is 1. The largest absolute Gasteiger partial charge is 0.298 e. The molecule has 1 aliphatic rings. The molecule has 0 saturated heterocycles. The third-order valence-electron chi connectivity index (χ3n) is 1.90. The topological polar surface area (TPSA) is 3.24 Å². The molecule has 1 aliphatic heterocycles. The molecule has 0 aromatic carbocycles. The van der Waals surface area contributed by atoms with E-state index in [1.807, 2.05) is 11.8 Å². The molecule has 0 fully saturated rings. The summed E-state index contributed by atoms with van der Waals surface area (Å²) in [6.07, 6.45) is 7.92. The van der Waals surface area contributed by atoms with Crippen molar-refractivity contribution in [2.75, 3.05) is 25.9 Å². The highest BCUT2D eigenvalue weighted by molar-refractivity contribution is 8.02. The van der Waals surface area contributed by atoms with Crippen molar-refractivity contribution in [3.63, 3.8) is 0 Å². The van der Waals surface area contributed by atoms with Gasteiger partial charge in [-0.05, 0) is 31.7 Å². The number of hydrogen-bond donors (Lipinski definition) is 0. The first-order valence-electron chi connectivity index (χ1n) is 4.23. The molecule has 0 bridgehead atoms. The van der Waals surface area contributed by atoms with Gasteiger partial charge >= 0.3 is 0 Å². The monoisotopic (exact) mass is 170 g/mol. The van der Waals surface area contributed by atoms with Gasteiger partial charge in [0.15, 0.2) is 0 Å². The Hall–Kier alpha value is 0.0500. The van der Waals surface area contributed by atoms with Gasteiger partial charge in [0.2, 0.25) is 0 Å². The number of hydrogen-bond acceptors (Lipinski definition) is 2. The fraction of sp³-hybridized carbons (Fsp3) is 0.778. The zero-order valence-electron chi connectivity index (χ0n) is 7.39. The lowest BCUT2D eigenvalue weighted by atomic mass is 10.2. The molecule has 0 atom stereocenters. The van der Waals surface area contributed by atoms with Crippen molar-refractivity contribution in [2.45, 2.75) is 19.8 Å². The summed E-state index contributed by atoms with van der Waals surface area (Å²) < 4.78 is 0. The van der Waals surface area contributed by atoms with Crippen LogP contribution in [0.25, 0.3) is 0 Å². The number of rotatable bonds is 3. The van der Waals surface area contributed by atoms with Gasteiger partial charge in [-0.1, -0.05) is 6.92 Å². The van der Waals surface area contributed by atoms with E-state index in [-0.39, 0.29) is 0 Å². The summed E-state index contributed by atoms with van der Waals surface area (Å²) in [5, 5.41) is 0. The van der Waals surface area contributed by atoms with Crippen LogP contribution in [0.5, 0.6) is 0 Å². The molecule has 1 radical (unpaired) electrons. The minimum Gasteiger partial charge on any atom is -0.298 e. The van der Waals surface area contributed by atoms with Gasteiger partial charge in [-0.2, -0.15) is 0 Å². The molecule has 0 unspecified atom stereocenters. The highest BCUT2D eigenvalue weighted by Gasteiger charge is 2.10. The quantitative estimate of drug-likeness (QED) is 0.638. The predicted molar refractivity (Wildman–Crippen MR) is 51.6 cm³/mol. The molecule has 11 heavy (non-hydrogen) atoms. The predicted octanol–water partition coefficient (Wildman–Crippen LogP) is 2.15. The Morgan fingerprint density at radius 1 is 1.64 bits per heavy atom. The maximum Gasteiger partial charge on any atom is 0.0296 e. The van der Waals surface area contributed by atoms with Crippen LogP contribution in [0.15, 0.2) is 4.91 Å². The Bertz CT molecular complexity index is 142. The first-order chi connectivity index (χ1) is 5.36. The van der Waals surface area contributed by atoms with Crippen molar-refractivity contribution in [3.8, 4) is 0 Å². The molecule has 1 rings (SSSR count). The first-order valence-corrected chi connectivity index (χ1v) is 5.45. The Balaban J connectivity index is 2.33. The summed E-state index contributed by atoms with van der Waals surface area (Å²) >= 11 is 1.84. The third kappa shape index (κ3) is 2.88.